The number of nitrogens with one attached hydrogen (secondary N) is 1. The number of alkyl halides is 3. The Hall–Kier alpha value is -2.22. The summed E-state index contributed by atoms with van der Waals surface area (Å²) in [7, 11) is 0. The maximum absolute atomic E-state index is 12.8. The average Bonchev–Trinajstić information content (AvgIpc) is 2.95. The molecule has 5 nitrogen and oxygen atoms in total. The zero-order chi connectivity index (χ0) is 17.8. The van der Waals surface area contributed by atoms with E-state index >= 15 is 0 Å². The summed E-state index contributed by atoms with van der Waals surface area (Å²) in [6.07, 6.45) is -3.70. The number of halogens is 3. The molecule has 0 saturated carbocycles. The van der Waals surface area contributed by atoms with Crippen LogP contribution >= 0.6 is 0 Å². The maximum atomic E-state index is 12.8. The summed E-state index contributed by atoms with van der Waals surface area (Å²) in [5, 5.41) is 12.1. The third kappa shape index (κ3) is 4.00. The molecule has 1 aliphatic heterocycles. The molecule has 132 valence electrons. The van der Waals surface area contributed by atoms with Gasteiger partial charge in [0.1, 0.15) is 12.4 Å². The van der Waals surface area contributed by atoms with Crippen molar-refractivity contribution in [1.29, 1.82) is 0 Å². The van der Waals surface area contributed by atoms with Gasteiger partial charge in [-0.05, 0) is 6.07 Å². The van der Waals surface area contributed by atoms with Gasteiger partial charge in [-0.3, -0.25) is 0 Å². The van der Waals surface area contributed by atoms with Crippen LogP contribution in [0.5, 0.6) is 5.75 Å². The molecule has 8 heteroatoms. The lowest BCUT2D eigenvalue weighted by Gasteiger charge is -2.26. The number of para-hydroxylation sites is 1. The van der Waals surface area contributed by atoms with E-state index in [4.69, 9.17) is 4.74 Å². The van der Waals surface area contributed by atoms with E-state index in [1.807, 2.05) is 0 Å². The van der Waals surface area contributed by atoms with E-state index in [9.17, 15) is 23.1 Å². The van der Waals surface area contributed by atoms with E-state index in [-0.39, 0.29) is 13.1 Å². The number of urea groups is 1. The van der Waals surface area contributed by atoms with Crippen LogP contribution in [-0.4, -0.2) is 47.5 Å². The standard InChI is InChI=1S/C16H19F3N2O3/c1-2-9-24-13-6-4-3-5-12(13)10-20-14(22)21-8-7-15(23,11-21)16(17,18)19/h2-6,23H,1,7-11H2,(H,20,22). The Labute approximate surface area is 137 Å². The van der Waals surface area contributed by atoms with Crippen molar-refractivity contribution in [2.45, 2.75) is 24.7 Å². The van der Waals surface area contributed by atoms with E-state index in [1.165, 1.54) is 0 Å². The highest BCUT2D eigenvalue weighted by atomic mass is 19.4. The Morgan fingerprint density at radius 1 is 1.46 bits per heavy atom. The molecule has 1 aliphatic rings. The number of benzene rings is 1. The number of amides is 2. The van der Waals surface area contributed by atoms with Gasteiger partial charge < -0.3 is 20.1 Å². The highest BCUT2D eigenvalue weighted by molar-refractivity contribution is 5.74. The fraction of sp³-hybridized carbons (Fsp3) is 0.438. The highest BCUT2D eigenvalue weighted by Crippen LogP contribution is 2.37. The monoisotopic (exact) mass is 344 g/mol. The number of carbonyl (C=O) groups excluding carboxylic acids is 1. The number of carbonyl (C=O) groups is 1. The van der Waals surface area contributed by atoms with Crippen LogP contribution in [0.4, 0.5) is 18.0 Å². The van der Waals surface area contributed by atoms with Gasteiger partial charge in [0.2, 0.25) is 0 Å². The first-order chi connectivity index (χ1) is 11.3. The lowest BCUT2D eigenvalue weighted by atomic mass is 10.0. The van der Waals surface area contributed by atoms with Crippen molar-refractivity contribution in [2.75, 3.05) is 19.7 Å². The van der Waals surface area contributed by atoms with Crippen LogP contribution in [0.2, 0.25) is 0 Å². The first-order valence-corrected chi connectivity index (χ1v) is 7.40. The molecule has 0 aromatic heterocycles. The van der Waals surface area contributed by atoms with Crippen LogP contribution in [-0.2, 0) is 6.54 Å². The minimum Gasteiger partial charge on any atom is -0.489 e. The quantitative estimate of drug-likeness (QED) is 0.807. The summed E-state index contributed by atoms with van der Waals surface area (Å²) in [5.74, 6) is 0.561. The second-order valence-electron chi connectivity index (χ2n) is 5.57. The highest BCUT2D eigenvalue weighted by Gasteiger charge is 2.57. The molecule has 0 aliphatic carbocycles. The third-order valence-electron chi connectivity index (χ3n) is 3.82. The van der Waals surface area contributed by atoms with Gasteiger partial charge in [0.05, 0.1) is 6.54 Å². The van der Waals surface area contributed by atoms with Gasteiger partial charge in [-0.1, -0.05) is 30.9 Å². The molecule has 0 radical (unpaired) electrons. The maximum Gasteiger partial charge on any atom is 0.419 e. The van der Waals surface area contributed by atoms with E-state index < -0.39 is 30.8 Å². The number of β-amino-alcohol motifs (C(OH)–C–C–N with tert-alkyl or cyclic N) is 1. The Morgan fingerprint density at radius 2 is 2.17 bits per heavy atom. The fourth-order valence-electron chi connectivity index (χ4n) is 2.42. The minimum atomic E-state index is -4.76. The summed E-state index contributed by atoms with van der Waals surface area (Å²) in [5.41, 5.74) is -2.15. The minimum absolute atomic E-state index is 0.104. The van der Waals surface area contributed by atoms with Crippen LogP contribution in [0.1, 0.15) is 12.0 Å². The molecule has 1 atom stereocenters. The van der Waals surface area contributed by atoms with E-state index in [1.54, 1.807) is 30.3 Å². The van der Waals surface area contributed by atoms with Crippen LogP contribution < -0.4 is 10.1 Å². The molecule has 24 heavy (non-hydrogen) atoms. The number of likely N-dealkylation sites (tertiary alicyclic amines) is 1. The van der Waals surface area contributed by atoms with E-state index in [0.717, 1.165) is 4.90 Å². The molecule has 1 aromatic carbocycles. The molecule has 1 aromatic rings. The summed E-state index contributed by atoms with van der Waals surface area (Å²) in [6, 6.07) is 6.35. The third-order valence-corrected chi connectivity index (χ3v) is 3.82. The molecule has 1 fully saturated rings. The van der Waals surface area contributed by atoms with Crippen molar-refractivity contribution < 1.29 is 27.8 Å². The van der Waals surface area contributed by atoms with E-state index in [2.05, 4.69) is 11.9 Å². The summed E-state index contributed by atoms with van der Waals surface area (Å²) < 4.78 is 43.8. The van der Waals surface area contributed by atoms with Crippen LogP contribution in [0.15, 0.2) is 36.9 Å². The van der Waals surface area contributed by atoms with Gasteiger partial charge >= 0.3 is 12.2 Å². The lowest BCUT2D eigenvalue weighted by molar-refractivity contribution is -0.253. The molecule has 0 spiro atoms. The molecule has 2 amide bonds. The molecule has 2 rings (SSSR count). The largest absolute Gasteiger partial charge is 0.489 e. The number of nitrogens with zero attached hydrogens (tertiary/aromatic N) is 1. The Kier molecular flexibility index (Phi) is 5.38. The van der Waals surface area contributed by atoms with Crippen molar-refractivity contribution >= 4 is 6.03 Å². The predicted molar refractivity (Wildman–Crippen MR) is 81.6 cm³/mol. The molecular weight excluding hydrogens is 325 g/mol. The van der Waals surface area contributed by atoms with Crippen molar-refractivity contribution in [3.05, 3.63) is 42.5 Å². The topological polar surface area (TPSA) is 61.8 Å². The zero-order valence-corrected chi connectivity index (χ0v) is 13.0. The number of hydrogen-bond donors (Lipinski definition) is 2. The first-order valence-electron chi connectivity index (χ1n) is 7.40. The van der Waals surface area contributed by atoms with Gasteiger partial charge in [-0.25, -0.2) is 4.79 Å². The van der Waals surface area contributed by atoms with Crippen molar-refractivity contribution in [1.82, 2.24) is 10.2 Å². The first kappa shape index (κ1) is 18.1. The normalized spacial score (nSPS) is 20.8. The molecule has 1 unspecified atom stereocenters. The SMILES string of the molecule is C=CCOc1ccccc1CNC(=O)N1CCC(O)(C(F)(F)F)C1. The van der Waals surface area contributed by atoms with Gasteiger partial charge in [0, 0.05) is 25.1 Å². The second-order valence-corrected chi connectivity index (χ2v) is 5.57. The Balaban J connectivity index is 1.94. The number of hydrogen-bond acceptors (Lipinski definition) is 3. The average molecular weight is 344 g/mol. The Bertz CT molecular complexity index is 606. The van der Waals surface area contributed by atoms with Crippen LogP contribution in [0, 0.1) is 0 Å². The lowest BCUT2D eigenvalue weighted by Crippen LogP contribution is -2.49. The van der Waals surface area contributed by atoms with Gasteiger partial charge in [-0.2, -0.15) is 13.2 Å². The van der Waals surface area contributed by atoms with Crippen molar-refractivity contribution in [3.63, 3.8) is 0 Å². The predicted octanol–water partition coefficient (Wildman–Crippen LogP) is 2.46. The number of ether oxygens (including phenoxy) is 1. The molecule has 1 heterocycles. The fourth-order valence-corrected chi connectivity index (χ4v) is 2.42. The zero-order valence-electron chi connectivity index (χ0n) is 13.0. The molecular formula is C16H19F3N2O3. The van der Waals surface area contributed by atoms with Gasteiger partial charge in [-0.15, -0.1) is 0 Å². The summed E-state index contributed by atoms with van der Waals surface area (Å²) in [4.78, 5) is 13.0. The summed E-state index contributed by atoms with van der Waals surface area (Å²) >= 11 is 0. The number of rotatable bonds is 5. The Morgan fingerprint density at radius 3 is 2.79 bits per heavy atom. The van der Waals surface area contributed by atoms with Crippen LogP contribution in [0.3, 0.4) is 0 Å². The van der Waals surface area contributed by atoms with Crippen LogP contribution in [0.25, 0.3) is 0 Å². The molecule has 1 saturated heterocycles. The van der Waals surface area contributed by atoms with E-state index in [0.29, 0.717) is 17.9 Å². The molecule has 0 bridgehead atoms. The van der Waals surface area contributed by atoms with Gasteiger partial charge in [0.15, 0.2) is 5.60 Å². The molecule has 2 N–H and O–H groups in total. The summed E-state index contributed by atoms with van der Waals surface area (Å²) in [6.45, 7) is 3.03. The van der Waals surface area contributed by atoms with Crippen molar-refractivity contribution in [2.24, 2.45) is 0 Å². The van der Waals surface area contributed by atoms with Gasteiger partial charge in [0.25, 0.3) is 0 Å². The van der Waals surface area contributed by atoms with Crippen molar-refractivity contribution in [3.8, 4) is 5.75 Å². The smallest absolute Gasteiger partial charge is 0.419 e. The second kappa shape index (κ2) is 7.12. The number of aliphatic hydroxyl groups is 1.